The molecule has 1 rings (SSSR count). The van der Waals surface area contributed by atoms with E-state index < -0.39 is 0 Å². The SMILES string of the molecule is COc1ccc(CI)cc1Cl. The molecule has 1 aromatic carbocycles. The molecule has 11 heavy (non-hydrogen) atoms. The normalized spacial score (nSPS) is 9.73. The molecule has 0 N–H and O–H groups in total. The van der Waals surface area contributed by atoms with E-state index in [0.717, 1.165) is 10.2 Å². The van der Waals surface area contributed by atoms with Gasteiger partial charge in [-0.25, -0.2) is 0 Å². The Morgan fingerprint density at radius 1 is 1.55 bits per heavy atom. The molecule has 60 valence electrons. The molecule has 0 aliphatic heterocycles. The molecule has 0 unspecified atom stereocenters. The van der Waals surface area contributed by atoms with Gasteiger partial charge in [0.2, 0.25) is 0 Å². The average Bonchev–Trinajstić information content (AvgIpc) is 2.04. The van der Waals surface area contributed by atoms with Crippen molar-refractivity contribution in [3.8, 4) is 5.75 Å². The summed E-state index contributed by atoms with van der Waals surface area (Å²) < 4.78 is 5.98. The minimum Gasteiger partial charge on any atom is -0.495 e. The third-order valence-corrected chi connectivity index (χ3v) is 2.55. The fourth-order valence-electron chi connectivity index (χ4n) is 0.793. The van der Waals surface area contributed by atoms with Crippen LogP contribution < -0.4 is 4.74 Å². The second-order valence-electron chi connectivity index (χ2n) is 2.10. The lowest BCUT2D eigenvalue weighted by atomic mass is 10.2. The quantitative estimate of drug-likeness (QED) is 0.597. The molecule has 0 atom stereocenters. The fourth-order valence-corrected chi connectivity index (χ4v) is 1.55. The zero-order chi connectivity index (χ0) is 8.27. The molecular weight excluding hydrogens is 274 g/mol. The minimum atomic E-state index is 0.682. The highest BCUT2D eigenvalue weighted by molar-refractivity contribution is 14.1. The van der Waals surface area contributed by atoms with Crippen LogP contribution in [0.25, 0.3) is 0 Å². The van der Waals surface area contributed by atoms with Crippen LogP contribution in [0.2, 0.25) is 5.02 Å². The van der Waals surface area contributed by atoms with Crippen molar-refractivity contribution in [3.05, 3.63) is 28.8 Å². The van der Waals surface area contributed by atoms with Gasteiger partial charge in [0.25, 0.3) is 0 Å². The van der Waals surface area contributed by atoms with Gasteiger partial charge in [0.1, 0.15) is 5.75 Å². The van der Waals surface area contributed by atoms with Gasteiger partial charge < -0.3 is 4.74 Å². The highest BCUT2D eigenvalue weighted by Crippen LogP contribution is 2.25. The molecule has 1 aromatic rings. The second-order valence-corrected chi connectivity index (χ2v) is 3.27. The molecule has 1 nitrogen and oxygen atoms in total. The van der Waals surface area contributed by atoms with Crippen LogP contribution in [-0.2, 0) is 4.43 Å². The zero-order valence-electron chi connectivity index (χ0n) is 6.10. The average molecular weight is 283 g/mol. The standard InChI is InChI=1S/C8H8ClIO/c1-11-8-3-2-6(5-10)4-7(8)9/h2-4H,5H2,1H3. The summed E-state index contributed by atoms with van der Waals surface area (Å²) in [5.74, 6) is 0.736. The number of rotatable bonds is 2. The van der Waals surface area contributed by atoms with E-state index in [2.05, 4.69) is 22.6 Å². The molecule has 0 bridgehead atoms. The van der Waals surface area contributed by atoms with E-state index in [-0.39, 0.29) is 0 Å². The largest absolute Gasteiger partial charge is 0.495 e. The Hall–Kier alpha value is 0.0400. The molecule has 0 saturated heterocycles. The predicted octanol–water partition coefficient (Wildman–Crippen LogP) is 3.28. The molecule has 0 spiro atoms. The van der Waals surface area contributed by atoms with Crippen LogP contribution in [0.5, 0.6) is 5.75 Å². The van der Waals surface area contributed by atoms with Gasteiger partial charge in [0.05, 0.1) is 12.1 Å². The summed E-state index contributed by atoms with van der Waals surface area (Å²) in [7, 11) is 1.62. The Bertz CT molecular complexity index is 250. The lowest BCUT2D eigenvalue weighted by Gasteiger charge is -2.02. The van der Waals surface area contributed by atoms with Crippen molar-refractivity contribution >= 4 is 34.2 Å². The third kappa shape index (κ3) is 2.24. The summed E-state index contributed by atoms with van der Waals surface area (Å²) in [5, 5.41) is 0.682. The minimum absolute atomic E-state index is 0.682. The molecule has 0 fully saturated rings. The first-order chi connectivity index (χ1) is 5.27. The molecule has 0 amide bonds. The van der Waals surface area contributed by atoms with Crippen molar-refractivity contribution in [1.29, 1.82) is 0 Å². The second kappa shape index (κ2) is 4.16. The van der Waals surface area contributed by atoms with Crippen molar-refractivity contribution in [2.75, 3.05) is 7.11 Å². The number of methoxy groups -OCH3 is 1. The van der Waals surface area contributed by atoms with Crippen molar-refractivity contribution in [1.82, 2.24) is 0 Å². The van der Waals surface area contributed by atoms with Crippen molar-refractivity contribution in [2.45, 2.75) is 4.43 Å². The van der Waals surface area contributed by atoms with Crippen LogP contribution in [0.15, 0.2) is 18.2 Å². The van der Waals surface area contributed by atoms with Crippen LogP contribution >= 0.6 is 34.2 Å². The summed E-state index contributed by atoms with van der Waals surface area (Å²) >= 11 is 8.17. The highest BCUT2D eigenvalue weighted by Gasteiger charge is 1.99. The van der Waals surface area contributed by atoms with E-state index in [1.807, 2.05) is 18.2 Å². The number of benzene rings is 1. The Morgan fingerprint density at radius 3 is 2.73 bits per heavy atom. The third-order valence-electron chi connectivity index (χ3n) is 1.37. The smallest absolute Gasteiger partial charge is 0.137 e. The lowest BCUT2D eigenvalue weighted by Crippen LogP contribution is -1.84. The highest BCUT2D eigenvalue weighted by atomic mass is 127. The maximum Gasteiger partial charge on any atom is 0.137 e. The van der Waals surface area contributed by atoms with Crippen molar-refractivity contribution < 1.29 is 4.74 Å². The van der Waals surface area contributed by atoms with Crippen LogP contribution in [0.3, 0.4) is 0 Å². The number of hydrogen-bond donors (Lipinski definition) is 0. The van der Waals surface area contributed by atoms with Gasteiger partial charge in [-0.15, -0.1) is 0 Å². The van der Waals surface area contributed by atoms with Crippen LogP contribution in [-0.4, -0.2) is 7.11 Å². The predicted molar refractivity (Wildman–Crippen MR) is 55.7 cm³/mol. The Balaban J connectivity index is 2.99. The van der Waals surface area contributed by atoms with Crippen molar-refractivity contribution in [2.24, 2.45) is 0 Å². The number of hydrogen-bond acceptors (Lipinski definition) is 1. The van der Waals surface area contributed by atoms with Gasteiger partial charge in [0, 0.05) is 4.43 Å². The van der Waals surface area contributed by atoms with Gasteiger partial charge in [-0.3, -0.25) is 0 Å². The molecule has 0 aliphatic rings. The van der Waals surface area contributed by atoms with Gasteiger partial charge >= 0.3 is 0 Å². The summed E-state index contributed by atoms with van der Waals surface area (Å²) in [6, 6.07) is 5.82. The summed E-state index contributed by atoms with van der Waals surface area (Å²) in [5.41, 5.74) is 1.22. The summed E-state index contributed by atoms with van der Waals surface area (Å²) in [6.45, 7) is 0. The first-order valence-electron chi connectivity index (χ1n) is 3.16. The summed E-state index contributed by atoms with van der Waals surface area (Å²) in [4.78, 5) is 0. The zero-order valence-corrected chi connectivity index (χ0v) is 9.02. The molecule has 0 heterocycles. The van der Waals surface area contributed by atoms with E-state index in [9.17, 15) is 0 Å². The molecular formula is C8H8ClIO. The molecule has 0 radical (unpaired) electrons. The van der Waals surface area contributed by atoms with E-state index in [0.29, 0.717) is 5.02 Å². The number of alkyl halides is 1. The fraction of sp³-hybridized carbons (Fsp3) is 0.250. The first-order valence-corrected chi connectivity index (χ1v) is 5.06. The molecule has 0 aromatic heterocycles. The van der Waals surface area contributed by atoms with Crippen molar-refractivity contribution in [3.63, 3.8) is 0 Å². The Labute approximate surface area is 84.8 Å². The van der Waals surface area contributed by atoms with Gasteiger partial charge in [0.15, 0.2) is 0 Å². The van der Waals surface area contributed by atoms with Crippen LogP contribution in [0.4, 0.5) is 0 Å². The molecule has 0 aliphatic carbocycles. The van der Waals surface area contributed by atoms with Crippen LogP contribution in [0.1, 0.15) is 5.56 Å². The first kappa shape index (κ1) is 9.13. The Morgan fingerprint density at radius 2 is 2.27 bits per heavy atom. The molecule has 3 heteroatoms. The number of ether oxygens (including phenoxy) is 1. The Kier molecular flexibility index (Phi) is 3.45. The van der Waals surface area contributed by atoms with Gasteiger partial charge in [-0.2, -0.15) is 0 Å². The van der Waals surface area contributed by atoms with Gasteiger partial charge in [-0.05, 0) is 17.7 Å². The summed E-state index contributed by atoms with van der Waals surface area (Å²) in [6.07, 6.45) is 0. The maximum absolute atomic E-state index is 5.88. The molecule has 0 saturated carbocycles. The lowest BCUT2D eigenvalue weighted by molar-refractivity contribution is 0.415. The van der Waals surface area contributed by atoms with E-state index >= 15 is 0 Å². The topological polar surface area (TPSA) is 9.23 Å². The van der Waals surface area contributed by atoms with E-state index in [1.54, 1.807) is 7.11 Å². The van der Waals surface area contributed by atoms with E-state index in [4.69, 9.17) is 16.3 Å². The van der Waals surface area contributed by atoms with Gasteiger partial charge in [-0.1, -0.05) is 40.3 Å². The monoisotopic (exact) mass is 282 g/mol. The number of halogens is 2. The van der Waals surface area contributed by atoms with Crippen LogP contribution in [0, 0.1) is 0 Å². The van der Waals surface area contributed by atoms with E-state index in [1.165, 1.54) is 5.56 Å². The maximum atomic E-state index is 5.88.